The summed E-state index contributed by atoms with van der Waals surface area (Å²) in [5, 5.41) is 11.1. The number of thiophene rings is 1. The molecule has 0 N–H and O–H groups in total. The Morgan fingerprint density at radius 2 is 1.74 bits per heavy atom. The van der Waals surface area contributed by atoms with E-state index in [4.69, 9.17) is 5.10 Å². The van der Waals surface area contributed by atoms with Gasteiger partial charge in [0.25, 0.3) is 5.56 Å². The fourth-order valence-electron chi connectivity index (χ4n) is 3.62. The normalized spacial score (nSPS) is 12.3. The van der Waals surface area contributed by atoms with Gasteiger partial charge in [-0.25, -0.2) is 9.07 Å². The summed E-state index contributed by atoms with van der Waals surface area (Å²) in [5.74, 6) is 0.125. The van der Waals surface area contributed by atoms with Crippen molar-refractivity contribution in [3.8, 4) is 16.3 Å². The van der Waals surface area contributed by atoms with Crippen molar-refractivity contribution in [1.82, 2.24) is 24.4 Å². The van der Waals surface area contributed by atoms with E-state index in [-0.39, 0.29) is 11.4 Å². The molecule has 4 heterocycles. The molecule has 4 aromatic heterocycles. The number of para-hydroxylation sites is 1. The van der Waals surface area contributed by atoms with Crippen LogP contribution < -0.4 is 10.1 Å². The van der Waals surface area contributed by atoms with Gasteiger partial charge in [0.15, 0.2) is 5.82 Å². The second-order valence-corrected chi connectivity index (χ2v) is 9.61. The van der Waals surface area contributed by atoms with Crippen LogP contribution in [0.25, 0.3) is 39.4 Å². The third-order valence-electron chi connectivity index (χ3n) is 5.30. The summed E-state index contributed by atoms with van der Waals surface area (Å²) < 4.78 is 16.7. The lowest BCUT2D eigenvalue weighted by Crippen LogP contribution is -2.23. The number of aromatic nitrogens is 5. The van der Waals surface area contributed by atoms with Gasteiger partial charge in [0.05, 0.1) is 15.1 Å². The van der Waals surface area contributed by atoms with Crippen LogP contribution in [0.1, 0.15) is 17.0 Å². The summed E-state index contributed by atoms with van der Waals surface area (Å²) in [6, 6.07) is 20.0. The van der Waals surface area contributed by atoms with Crippen molar-refractivity contribution in [2.75, 3.05) is 0 Å². The standard InChI is InChI=1S/C26H16FN5OS2/c27-19-11-8-17(9-12-19)10-13-23-28-26-32(29-23)25(33)22(35-26)15-18-16-31(20-5-2-1-3-6-20)30-24(18)21-7-4-14-34-21/h1-16H/b13-10+,22-15-. The number of hydrogen-bond acceptors (Lipinski definition) is 6. The lowest BCUT2D eigenvalue weighted by Gasteiger charge is -1.99. The monoisotopic (exact) mass is 497 g/mol. The van der Waals surface area contributed by atoms with E-state index in [0.717, 1.165) is 27.4 Å². The molecule has 0 spiro atoms. The molecule has 0 aliphatic carbocycles. The summed E-state index contributed by atoms with van der Waals surface area (Å²) in [6.45, 7) is 0. The summed E-state index contributed by atoms with van der Waals surface area (Å²) in [4.78, 5) is 19.1. The maximum Gasteiger partial charge on any atom is 0.291 e. The minimum atomic E-state index is -0.292. The van der Waals surface area contributed by atoms with E-state index in [1.54, 1.807) is 35.6 Å². The molecule has 0 unspecified atom stereocenters. The highest BCUT2D eigenvalue weighted by molar-refractivity contribution is 7.15. The first-order chi connectivity index (χ1) is 17.1. The zero-order valence-electron chi connectivity index (χ0n) is 18.1. The average molecular weight is 498 g/mol. The molecular formula is C26H16FN5OS2. The van der Waals surface area contributed by atoms with Gasteiger partial charge in [-0.15, -0.1) is 16.4 Å². The van der Waals surface area contributed by atoms with Crippen LogP contribution in [0.2, 0.25) is 0 Å². The van der Waals surface area contributed by atoms with Gasteiger partial charge in [-0.05, 0) is 53.4 Å². The Labute approximate surface area is 206 Å². The predicted molar refractivity (Wildman–Crippen MR) is 138 cm³/mol. The number of fused-ring (bicyclic) bond motifs is 1. The Hall–Kier alpha value is -4.21. The molecule has 0 fully saturated rings. The third-order valence-corrected chi connectivity index (χ3v) is 7.13. The van der Waals surface area contributed by atoms with Crippen molar-refractivity contribution < 1.29 is 4.39 Å². The Kier molecular flexibility index (Phi) is 5.40. The lowest BCUT2D eigenvalue weighted by molar-refractivity contribution is 0.628. The minimum Gasteiger partial charge on any atom is -0.266 e. The molecule has 9 heteroatoms. The van der Waals surface area contributed by atoms with E-state index >= 15 is 0 Å². The van der Waals surface area contributed by atoms with Crippen molar-refractivity contribution in [2.45, 2.75) is 0 Å². The number of nitrogens with zero attached hydrogens (tertiary/aromatic N) is 5. The first-order valence-corrected chi connectivity index (χ1v) is 12.4. The first kappa shape index (κ1) is 21.3. The first-order valence-electron chi connectivity index (χ1n) is 10.7. The molecular weight excluding hydrogens is 481 g/mol. The van der Waals surface area contributed by atoms with Crippen LogP contribution in [-0.4, -0.2) is 24.4 Å². The number of rotatable bonds is 5. The zero-order chi connectivity index (χ0) is 23.8. The number of halogens is 1. The average Bonchev–Trinajstić information content (AvgIpc) is 3.66. The molecule has 0 radical (unpaired) electrons. The Bertz CT molecular complexity index is 1770. The van der Waals surface area contributed by atoms with Crippen LogP contribution in [0.4, 0.5) is 4.39 Å². The molecule has 0 atom stereocenters. The number of hydrogen-bond donors (Lipinski definition) is 0. The minimum absolute atomic E-state index is 0.233. The highest BCUT2D eigenvalue weighted by Crippen LogP contribution is 2.28. The quantitative estimate of drug-likeness (QED) is 0.339. The molecule has 0 saturated carbocycles. The molecule has 0 aliphatic rings. The smallest absolute Gasteiger partial charge is 0.266 e. The molecule has 0 amide bonds. The second-order valence-electron chi connectivity index (χ2n) is 7.66. The third kappa shape index (κ3) is 4.23. The van der Waals surface area contributed by atoms with E-state index in [1.807, 2.05) is 64.8 Å². The Morgan fingerprint density at radius 1 is 0.914 bits per heavy atom. The van der Waals surface area contributed by atoms with Gasteiger partial charge in [0.1, 0.15) is 11.5 Å². The van der Waals surface area contributed by atoms with Gasteiger partial charge < -0.3 is 0 Å². The summed E-state index contributed by atoms with van der Waals surface area (Å²) in [7, 11) is 0. The molecule has 170 valence electrons. The topological polar surface area (TPSA) is 65.1 Å². The van der Waals surface area contributed by atoms with E-state index in [0.29, 0.717) is 15.3 Å². The summed E-state index contributed by atoms with van der Waals surface area (Å²) in [6.07, 6.45) is 7.26. The van der Waals surface area contributed by atoms with Crippen molar-refractivity contribution >= 4 is 45.9 Å². The van der Waals surface area contributed by atoms with Crippen molar-refractivity contribution in [2.24, 2.45) is 0 Å². The van der Waals surface area contributed by atoms with E-state index in [9.17, 15) is 9.18 Å². The van der Waals surface area contributed by atoms with Gasteiger partial charge in [-0.2, -0.15) is 14.6 Å². The van der Waals surface area contributed by atoms with Crippen LogP contribution in [0.3, 0.4) is 0 Å². The molecule has 0 saturated heterocycles. The number of benzene rings is 2. The van der Waals surface area contributed by atoms with E-state index < -0.39 is 0 Å². The fourth-order valence-corrected chi connectivity index (χ4v) is 5.25. The molecule has 0 aliphatic heterocycles. The van der Waals surface area contributed by atoms with Crippen molar-refractivity contribution in [3.05, 3.63) is 116 Å². The summed E-state index contributed by atoms with van der Waals surface area (Å²) in [5.41, 5.74) is 3.17. The number of thiazole rings is 1. The summed E-state index contributed by atoms with van der Waals surface area (Å²) >= 11 is 2.88. The highest BCUT2D eigenvalue weighted by Gasteiger charge is 2.14. The van der Waals surface area contributed by atoms with Gasteiger partial charge in [-0.1, -0.05) is 53.8 Å². The van der Waals surface area contributed by atoms with Gasteiger partial charge in [0.2, 0.25) is 4.96 Å². The highest BCUT2D eigenvalue weighted by atomic mass is 32.1. The van der Waals surface area contributed by atoms with Gasteiger partial charge in [0, 0.05) is 11.8 Å². The maximum absolute atomic E-state index is 13.1. The van der Waals surface area contributed by atoms with Crippen LogP contribution in [-0.2, 0) is 0 Å². The second kappa shape index (κ2) is 8.86. The van der Waals surface area contributed by atoms with Crippen LogP contribution in [0.15, 0.2) is 83.1 Å². The van der Waals surface area contributed by atoms with Crippen molar-refractivity contribution in [3.63, 3.8) is 0 Å². The maximum atomic E-state index is 13.1. The van der Waals surface area contributed by atoms with E-state index in [1.165, 1.54) is 28.0 Å². The fraction of sp³-hybridized carbons (Fsp3) is 0. The SMILES string of the molecule is O=c1/c(=C/c2cn(-c3ccccc3)nc2-c2cccs2)sc2nc(/C=C/c3ccc(F)cc3)nn12. The van der Waals surface area contributed by atoms with E-state index in [2.05, 4.69) is 10.1 Å². The van der Waals surface area contributed by atoms with Gasteiger partial charge in [-0.3, -0.25) is 4.79 Å². The largest absolute Gasteiger partial charge is 0.291 e. The Balaban J connectivity index is 1.39. The predicted octanol–water partition coefficient (Wildman–Crippen LogP) is 4.92. The van der Waals surface area contributed by atoms with Crippen LogP contribution in [0.5, 0.6) is 0 Å². The molecule has 6 aromatic rings. The van der Waals surface area contributed by atoms with Gasteiger partial charge >= 0.3 is 0 Å². The molecule has 6 rings (SSSR count). The van der Waals surface area contributed by atoms with Crippen LogP contribution in [0, 0.1) is 5.82 Å². The molecule has 0 bridgehead atoms. The molecule has 2 aromatic carbocycles. The zero-order valence-corrected chi connectivity index (χ0v) is 19.7. The van der Waals surface area contributed by atoms with Crippen molar-refractivity contribution in [1.29, 1.82) is 0 Å². The molecule has 35 heavy (non-hydrogen) atoms. The Morgan fingerprint density at radius 3 is 2.49 bits per heavy atom. The van der Waals surface area contributed by atoms with Crippen LogP contribution >= 0.6 is 22.7 Å². The molecule has 6 nitrogen and oxygen atoms in total. The lowest BCUT2D eigenvalue weighted by atomic mass is 10.2.